The number of ether oxygens (including phenoxy) is 1. The van der Waals surface area contributed by atoms with Crippen molar-refractivity contribution in [2.45, 2.75) is 44.6 Å². The molecule has 6 nitrogen and oxygen atoms in total. The minimum Gasteiger partial charge on any atom is -0.464 e. The monoisotopic (exact) mass is 460 g/mol. The van der Waals surface area contributed by atoms with Crippen molar-refractivity contribution in [1.29, 1.82) is 0 Å². The lowest BCUT2D eigenvalue weighted by Gasteiger charge is -2.37. The summed E-state index contributed by atoms with van der Waals surface area (Å²) in [7, 11) is 0. The molecule has 0 aromatic heterocycles. The Morgan fingerprint density at radius 2 is 1.35 bits per heavy atom. The number of aliphatic hydroxyl groups is 1. The average molecular weight is 461 g/mol. The number of benzene rings is 3. The van der Waals surface area contributed by atoms with E-state index in [0.29, 0.717) is 25.9 Å². The molecule has 0 saturated heterocycles. The highest BCUT2D eigenvalue weighted by atomic mass is 16.5. The molecule has 0 aliphatic carbocycles. The lowest BCUT2D eigenvalue weighted by Crippen LogP contribution is -2.56. The third-order valence-corrected chi connectivity index (χ3v) is 5.74. The fraction of sp³-hybridized carbons (Fsp3) is 0.286. The summed E-state index contributed by atoms with van der Waals surface area (Å²) in [4.78, 5) is 26.1. The average Bonchev–Trinajstić information content (AvgIpc) is 2.87. The van der Waals surface area contributed by atoms with Crippen LogP contribution in [0.3, 0.4) is 0 Å². The van der Waals surface area contributed by atoms with Crippen LogP contribution in [0.1, 0.15) is 23.6 Å². The second-order valence-corrected chi connectivity index (χ2v) is 8.14. The molecule has 0 spiro atoms. The maximum atomic E-state index is 12.6. The van der Waals surface area contributed by atoms with Gasteiger partial charge < -0.3 is 15.2 Å². The maximum absolute atomic E-state index is 12.6. The van der Waals surface area contributed by atoms with Crippen molar-refractivity contribution >= 4 is 12.4 Å². The number of aliphatic hydroxyl groups excluding tert-OH is 1. The fourth-order valence-corrected chi connectivity index (χ4v) is 4.08. The fourth-order valence-electron chi connectivity index (χ4n) is 4.08. The van der Waals surface area contributed by atoms with Gasteiger partial charge in [-0.25, -0.2) is 4.79 Å². The second kappa shape index (κ2) is 13.3. The zero-order valence-electron chi connectivity index (χ0n) is 19.4. The van der Waals surface area contributed by atoms with E-state index in [1.807, 2.05) is 91.0 Å². The van der Waals surface area contributed by atoms with E-state index in [1.54, 1.807) is 6.92 Å². The Bertz CT molecular complexity index is 957. The van der Waals surface area contributed by atoms with Crippen LogP contribution >= 0.6 is 0 Å². The number of hydrogen-bond acceptors (Lipinski definition) is 5. The zero-order valence-corrected chi connectivity index (χ0v) is 19.4. The van der Waals surface area contributed by atoms with E-state index in [4.69, 9.17) is 4.74 Å². The van der Waals surface area contributed by atoms with E-state index in [0.717, 1.165) is 16.7 Å². The number of nitrogens with zero attached hydrogens (tertiary/aromatic N) is 1. The van der Waals surface area contributed by atoms with Gasteiger partial charge in [0.15, 0.2) is 6.04 Å². The highest BCUT2D eigenvalue weighted by molar-refractivity contribution is 5.79. The van der Waals surface area contributed by atoms with Crippen LogP contribution < -0.4 is 5.32 Å². The predicted octanol–water partition coefficient (Wildman–Crippen LogP) is 3.34. The van der Waals surface area contributed by atoms with E-state index >= 15 is 0 Å². The molecule has 0 radical (unpaired) electrons. The van der Waals surface area contributed by atoms with Gasteiger partial charge >= 0.3 is 5.97 Å². The van der Waals surface area contributed by atoms with E-state index in [1.165, 1.54) is 0 Å². The minimum atomic E-state index is -1.20. The Morgan fingerprint density at radius 3 is 1.79 bits per heavy atom. The van der Waals surface area contributed by atoms with Gasteiger partial charge in [-0.15, -0.1) is 0 Å². The predicted molar refractivity (Wildman–Crippen MR) is 132 cm³/mol. The van der Waals surface area contributed by atoms with E-state index in [-0.39, 0.29) is 6.61 Å². The second-order valence-electron chi connectivity index (χ2n) is 8.14. The molecule has 3 rings (SSSR count). The van der Waals surface area contributed by atoms with Crippen LogP contribution in [0.25, 0.3) is 0 Å². The molecule has 0 saturated carbocycles. The zero-order chi connectivity index (χ0) is 24.2. The summed E-state index contributed by atoms with van der Waals surface area (Å²) < 4.78 is 5.16. The van der Waals surface area contributed by atoms with Gasteiger partial charge in [-0.3, -0.25) is 9.69 Å². The topological polar surface area (TPSA) is 78.9 Å². The quantitative estimate of drug-likeness (QED) is 0.302. The molecule has 3 atom stereocenters. The number of amides is 1. The molecule has 0 aliphatic heterocycles. The number of carbonyl (C=O) groups excluding carboxylic acids is 2. The number of carbonyl (C=O) groups is 2. The Labute approximate surface area is 201 Å². The molecule has 3 aromatic rings. The molecule has 0 heterocycles. The highest BCUT2D eigenvalue weighted by Crippen LogP contribution is 2.21. The van der Waals surface area contributed by atoms with Crippen LogP contribution in [-0.4, -0.2) is 47.2 Å². The van der Waals surface area contributed by atoms with Crippen LogP contribution in [-0.2, 0) is 33.8 Å². The third kappa shape index (κ3) is 7.27. The Balaban J connectivity index is 2.00. The molecular formula is C28H32N2O4. The molecule has 34 heavy (non-hydrogen) atoms. The normalized spacial score (nSPS) is 13.6. The third-order valence-electron chi connectivity index (χ3n) is 5.74. The summed E-state index contributed by atoms with van der Waals surface area (Å²) in [5.74, 6) is -0.653. The molecule has 2 N–H and O–H groups in total. The number of hydrogen-bond donors (Lipinski definition) is 2. The minimum absolute atomic E-state index is 0.156. The van der Waals surface area contributed by atoms with Gasteiger partial charge in [0.2, 0.25) is 6.41 Å². The molecule has 0 fully saturated rings. The lowest BCUT2D eigenvalue weighted by atomic mass is 9.93. The van der Waals surface area contributed by atoms with Gasteiger partial charge in [0.05, 0.1) is 6.61 Å². The van der Waals surface area contributed by atoms with Crippen molar-refractivity contribution in [3.63, 3.8) is 0 Å². The van der Waals surface area contributed by atoms with Crippen molar-refractivity contribution in [2.24, 2.45) is 0 Å². The summed E-state index contributed by atoms with van der Waals surface area (Å²) >= 11 is 0. The Hall–Kier alpha value is -3.48. The van der Waals surface area contributed by atoms with Gasteiger partial charge in [0.25, 0.3) is 0 Å². The van der Waals surface area contributed by atoms with Crippen molar-refractivity contribution in [2.75, 3.05) is 6.61 Å². The first-order valence-corrected chi connectivity index (χ1v) is 11.5. The van der Waals surface area contributed by atoms with Gasteiger partial charge in [-0.2, -0.15) is 0 Å². The summed E-state index contributed by atoms with van der Waals surface area (Å²) in [6, 6.07) is 28.2. The highest BCUT2D eigenvalue weighted by Gasteiger charge is 2.37. The van der Waals surface area contributed by atoms with Crippen LogP contribution in [0.4, 0.5) is 0 Å². The summed E-state index contributed by atoms with van der Waals surface area (Å²) in [5, 5.41) is 14.0. The van der Waals surface area contributed by atoms with Gasteiger partial charge in [-0.1, -0.05) is 91.0 Å². The standard InChI is InChI=1S/C28H32N2O4/c1-2-34-28(33)26(29-21-31)27(32)25(18-22-12-6-3-7-13-22)30(19-23-14-8-4-9-15-23)20-24-16-10-5-11-17-24/h3-17,21,25-27,32H,2,18-20H2,1H3,(H,29,31)/t25-,26+,27+/m0/s1. The van der Waals surface area contributed by atoms with E-state index < -0.39 is 24.2 Å². The van der Waals surface area contributed by atoms with Crippen LogP contribution in [0.5, 0.6) is 0 Å². The number of rotatable bonds is 13. The van der Waals surface area contributed by atoms with Crippen LogP contribution in [0.15, 0.2) is 91.0 Å². The molecule has 0 unspecified atom stereocenters. The van der Waals surface area contributed by atoms with Gasteiger partial charge in [-0.05, 0) is 30.0 Å². The first-order chi connectivity index (χ1) is 16.6. The van der Waals surface area contributed by atoms with E-state index in [2.05, 4.69) is 10.2 Å². The summed E-state index contributed by atoms with van der Waals surface area (Å²) in [6.45, 7) is 2.96. The molecule has 0 bridgehead atoms. The molecule has 0 aliphatic rings. The smallest absolute Gasteiger partial charge is 0.331 e. The first kappa shape index (κ1) is 25.1. The Kier molecular flexibility index (Phi) is 9.82. The van der Waals surface area contributed by atoms with Crippen LogP contribution in [0.2, 0.25) is 0 Å². The van der Waals surface area contributed by atoms with Crippen molar-refractivity contribution in [3.05, 3.63) is 108 Å². The molecule has 1 amide bonds. The SMILES string of the molecule is CCOC(=O)[C@H](NC=O)[C@H](O)[C@H](Cc1ccccc1)N(Cc1ccccc1)Cc1ccccc1. The van der Waals surface area contributed by atoms with Gasteiger partial charge in [0.1, 0.15) is 6.10 Å². The molecule has 178 valence electrons. The first-order valence-electron chi connectivity index (χ1n) is 11.5. The molecular weight excluding hydrogens is 428 g/mol. The molecule has 6 heteroatoms. The lowest BCUT2D eigenvalue weighted by molar-refractivity contribution is -0.151. The van der Waals surface area contributed by atoms with Crippen molar-refractivity contribution in [1.82, 2.24) is 10.2 Å². The number of nitrogens with one attached hydrogen (secondary N) is 1. The van der Waals surface area contributed by atoms with Crippen LogP contribution in [0, 0.1) is 0 Å². The van der Waals surface area contributed by atoms with Crippen molar-refractivity contribution in [3.8, 4) is 0 Å². The maximum Gasteiger partial charge on any atom is 0.331 e. The van der Waals surface area contributed by atoms with E-state index in [9.17, 15) is 14.7 Å². The van der Waals surface area contributed by atoms with Crippen molar-refractivity contribution < 1.29 is 19.4 Å². The van der Waals surface area contributed by atoms with Gasteiger partial charge in [0, 0.05) is 19.1 Å². The Morgan fingerprint density at radius 1 is 0.882 bits per heavy atom. The summed E-state index contributed by atoms with van der Waals surface area (Å²) in [5.41, 5.74) is 3.19. The number of esters is 1. The largest absolute Gasteiger partial charge is 0.464 e. The summed E-state index contributed by atoms with van der Waals surface area (Å²) in [6.07, 6.45) is -0.279. The molecule has 3 aromatic carbocycles.